The summed E-state index contributed by atoms with van der Waals surface area (Å²) in [6.07, 6.45) is 0.659. The van der Waals surface area contributed by atoms with Crippen molar-refractivity contribution >= 4 is 22.0 Å². The van der Waals surface area contributed by atoms with Gasteiger partial charge in [-0.15, -0.1) is 0 Å². The Labute approximate surface area is 279 Å². The number of methoxy groups -OCH3 is 1. The molecule has 0 heterocycles. The third-order valence-corrected chi connectivity index (χ3v) is 10.3. The van der Waals surface area contributed by atoms with Crippen molar-refractivity contribution in [1.82, 2.24) is 9.21 Å². The van der Waals surface area contributed by atoms with Crippen molar-refractivity contribution in [2.24, 2.45) is 11.7 Å². The number of imide groups is 1. The number of nitrogens with zero attached hydrogens (tertiary/aromatic N) is 2. The minimum absolute atomic E-state index is 0.0185. The molecule has 4 N–H and O–H groups in total. The van der Waals surface area contributed by atoms with Crippen LogP contribution in [0.5, 0.6) is 0 Å². The fraction of sp³-hybridized carbons (Fsp3) is 0.444. The van der Waals surface area contributed by atoms with E-state index in [0.29, 0.717) is 31.2 Å². The van der Waals surface area contributed by atoms with Gasteiger partial charge in [0, 0.05) is 24.5 Å². The lowest BCUT2D eigenvalue weighted by molar-refractivity contribution is -0.133. The molecule has 0 aliphatic heterocycles. The number of hydrogen-bond acceptors (Lipinski definition) is 8. The van der Waals surface area contributed by atoms with Crippen LogP contribution in [-0.4, -0.2) is 78.2 Å². The largest absolute Gasteiger partial charge is 0.452 e. The molecule has 256 valence electrons. The maximum atomic E-state index is 14.1. The van der Waals surface area contributed by atoms with Gasteiger partial charge in [0.2, 0.25) is 15.9 Å². The number of ether oxygens (including phenoxy) is 1. The van der Waals surface area contributed by atoms with Gasteiger partial charge in [0.25, 0.3) is 0 Å². The molecule has 0 spiro atoms. The molecule has 0 saturated heterocycles. The van der Waals surface area contributed by atoms with Crippen molar-refractivity contribution in [1.29, 1.82) is 0 Å². The third kappa shape index (κ3) is 9.71. The summed E-state index contributed by atoms with van der Waals surface area (Å²) in [6.45, 7) is 5.25. The van der Waals surface area contributed by atoms with Crippen LogP contribution >= 0.6 is 0 Å². The average Bonchev–Trinajstić information content (AvgIpc) is 3.09. The highest BCUT2D eigenvalue weighted by molar-refractivity contribution is 7.89. The Morgan fingerprint density at radius 2 is 1.38 bits per heavy atom. The molecule has 0 fully saturated rings. The van der Waals surface area contributed by atoms with E-state index in [2.05, 4.69) is 0 Å². The van der Waals surface area contributed by atoms with Crippen LogP contribution in [-0.2, 0) is 26.2 Å². The van der Waals surface area contributed by atoms with Crippen LogP contribution in [0.4, 0.5) is 4.79 Å². The molecule has 0 aromatic heterocycles. The van der Waals surface area contributed by atoms with Crippen LogP contribution in [0.15, 0.2) is 89.8 Å². The molecular formula is C36H49N3O7S. The van der Waals surface area contributed by atoms with E-state index in [0.717, 1.165) is 16.0 Å². The Hall–Kier alpha value is -3.61. The standard InChI is InChI=1S/C36H49N3O7S/c1-5-30(17-12-18-31(25-41)38(23-26(2)3)47(44,45)32-21-19-27(24-40)20-22-32)39(36(43)46-4)35(42)34(37)33(28-13-8-6-9-14-28)29-15-10-7-11-16-29/h6-11,13-16,19-22,26,30-31,33-34,40-41H,5,12,17-18,23-25,37H2,1-4H3/t30-,31-,34-/m0/s1. The van der Waals surface area contributed by atoms with Crippen molar-refractivity contribution in [2.45, 2.75) is 82.0 Å². The lowest BCUT2D eigenvalue weighted by Crippen LogP contribution is -2.53. The smallest absolute Gasteiger partial charge is 0.416 e. The zero-order valence-electron chi connectivity index (χ0n) is 27.7. The average molecular weight is 668 g/mol. The van der Waals surface area contributed by atoms with Gasteiger partial charge in [0.1, 0.15) is 0 Å². The number of benzene rings is 3. The number of aliphatic hydroxyl groups excluding tert-OH is 2. The summed E-state index contributed by atoms with van der Waals surface area (Å²) in [4.78, 5) is 28.4. The van der Waals surface area contributed by atoms with Crippen LogP contribution in [0.1, 0.15) is 69.1 Å². The van der Waals surface area contributed by atoms with E-state index in [1.165, 1.54) is 23.5 Å². The summed E-state index contributed by atoms with van der Waals surface area (Å²) in [6, 6.07) is 22.5. The SMILES string of the molecule is CC[C@@H](CCC[C@@H](CO)N(CC(C)C)S(=O)(=O)c1ccc(CO)cc1)N(C(=O)OC)C(=O)[C@@H](N)C(c1ccccc1)c1ccccc1. The number of sulfonamides is 1. The maximum absolute atomic E-state index is 14.1. The van der Waals surface area contributed by atoms with Crippen LogP contribution in [0.3, 0.4) is 0 Å². The minimum Gasteiger partial charge on any atom is -0.452 e. The lowest BCUT2D eigenvalue weighted by Gasteiger charge is -2.34. The van der Waals surface area contributed by atoms with Crippen molar-refractivity contribution in [3.05, 3.63) is 102 Å². The van der Waals surface area contributed by atoms with Crippen molar-refractivity contribution in [3.63, 3.8) is 0 Å². The summed E-state index contributed by atoms with van der Waals surface area (Å²) in [7, 11) is -2.75. The number of amides is 2. The Balaban J connectivity index is 1.85. The fourth-order valence-corrected chi connectivity index (χ4v) is 7.69. The molecule has 0 bridgehead atoms. The van der Waals surface area contributed by atoms with Crippen molar-refractivity contribution in [3.8, 4) is 0 Å². The molecule has 3 aromatic carbocycles. The molecule has 47 heavy (non-hydrogen) atoms. The second-order valence-corrected chi connectivity index (χ2v) is 14.0. The predicted molar refractivity (Wildman–Crippen MR) is 182 cm³/mol. The normalized spacial score (nSPS) is 13.8. The predicted octanol–water partition coefficient (Wildman–Crippen LogP) is 4.89. The molecule has 2 amide bonds. The second-order valence-electron chi connectivity index (χ2n) is 12.1. The van der Waals surface area contributed by atoms with Gasteiger partial charge in [-0.2, -0.15) is 4.31 Å². The van der Waals surface area contributed by atoms with E-state index in [1.54, 1.807) is 12.1 Å². The first kappa shape index (κ1) is 37.8. The van der Waals surface area contributed by atoms with E-state index in [4.69, 9.17) is 10.5 Å². The molecule has 0 aliphatic carbocycles. The Kier molecular flexibility index (Phi) is 14.6. The maximum Gasteiger partial charge on any atom is 0.416 e. The van der Waals surface area contributed by atoms with E-state index < -0.39 is 52.7 Å². The topological polar surface area (TPSA) is 150 Å². The molecular weight excluding hydrogens is 618 g/mol. The van der Waals surface area contributed by atoms with Crippen LogP contribution < -0.4 is 5.73 Å². The van der Waals surface area contributed by atoms with Gasteiger partial charge in [-0.3, -0.25) is 4.79 Å². The van der Waals surface area contributed by atoms with Crippen LogP contribution in [0, 0.1) is 5.92 Å². The zero-order chi connectivity index (χ0) is 34.6. The molecule has 0 aliphatic rings. The molecule has 10 nitrogen and oxygen atoms in total. The van der Waals surface area contributed by atoms with Gasteiger partial charge < -0.3 is 20.7 Å². The molecule has 3 atom stereocenters. The van der Waals surface area contributed by atoms with Crippen molar-refractivity contribution < 1.29 is 33.0 Å². The van der Waals surface area contributed by atoms with Gasteiger partial charge in [0.05, 0.1) is 31.3 Å². The number of nitrogens with two attached hydrogens (primary N) is 1. The Morgan fingerprint density at radius 1 is 0.851 bits per heavy atom. The van der Waals surface area contributed by atoms with E-state index in [-0.39, 0.29) is 24.0 Å². The molecule has 0 radical (unpaired) electrons. The first-order chi connectivity index (χ1) is 22.5. The van der Waals surface area contributed by atoms with E-state index >= 15 is 0 Å². The van der Waals surface area contributed by atoms with E-state index in [9.17, 15) is 28.2 Å². The minimum atomic E-state index is -3.97. The third-order valence-electron chi connectivity index (χ3n) is 8.36. The number of carbonyl (C=O) groups is 2. The first-order valence-electron chi connectivity index (χ1n) is 16.1. The molecule has 0 unspecified atom stereocenters. The highest BCUT2D eigenvalue weighted by Gasteiger charge is 2.38. The summed E-state index contributed by atoms with van der Waals surface area (Å²) >= 11 is 0. The quantitative estimate of drug-likeness (QED) is 0.184. The highest BCUT2D eigenvalue weighted by atomic mass is 32.2. The highest BCUT2D eigenvalue weighted by Crippen LogP contribution is 2.30. The molecule has 11 heteroatoms. The van der Waals surface area contributed by atoms with Crippen LogP contribution in [0.2, 0.25) is 0 Å². The number of carbonyl (C=O) groups excluding carboxylic acids is 2. The Morgan fingerprint density at radius 3 is 1.83 bits per heavy atom. The molecule has 3 rings (SSSR count). The molecule has 3 aromatic rings. The Bertz CT molecular complexity index is 1460. The fourth-order valence-electron chi connectivity index (χ4n) is 5.89. The second kappa shape index (κ2) is 18.1. The van der Waals surface area contributed by atoms with Gasteiger partial charge in [-0.1, -0.05) is 93.6 Å². The lowest BCUT2D eigenvalue weighted by atomic mass is 9.84. The monoisotopic (exact) mass is 667 g/mol. The zero-order valence-corrected chi connectivity index (χ0v) is 28.6. The van der Waals surface area contributed by atoms with Gasteiger partial charge >= 0.3 is 6.09 Å². The van der Waals surface area contributed by atoms with Gasteiger partial charge in [0.15, 0.2) is 0 Å². The number of hydrogen-bond donors (Lipinski definition) is 3. The number of rotatable bonds is 17. The summed E-state index contributed by atoms with van der Waals surface area (Å²) < 4.78 is 33.9. The van der Waals surface area contributed by atoms with Crippen molar-refractivity contribution in [2.75, 3.05) is 20.3 Å². The summed E-state index contributed by atoms with van der Waals surface area (Å²) in [5.41, 5.74) is 8.96. The van der Waals surface area contributed by atoms with Gasteiger partial charge in [-0.25, -0.2) is 18.1 Å². The van der Waals surface area contributed by atoms with Crippen LogP contribution in [0.25, 0.3) is 0 Å². The van der Waals surface area contributed by atoms with Gasteiger partial charge in [-0.05, 0) is 60.4 Å². The summed E-state index contributed by atoms with van der Waals surface area (Å²) in [5, 5.41) is 19.8. The summed E-state index contributed by atoms with van der Waals surface area (Å²) in [5.74, 6) is -1.11. The van der Waals surface area contributed by atoms with E-state index in [1.807, 2.05) is 81.4 Å². The molecule has 0 saturated carbocycles. The first-order valence-corrected chi connectivity index (χ1v) is 17.5. The number of aliphatic hydroxyl groups is 2.